The van der Waals surface area contributed by atoms with Gasteiger partial charge in [-0.05, 0) is 31.4 Å². The van der Waals surface area contributed by atoms with Crippen LogP contribution in [0.2, 0.25) is 0 Å². The SMILES string of the molecule is CN(OC(C)(C)C(C)(C)C)c1cccc(-c2nc(-c3ccccc3)nc(-c3ccccc3)n2)c1. The number of hydrogen-bond donors (Lipinski definition) is 0. The molecule has 0 aliphatic heterocycles. The molecule has 0 radical (unpaired) electrons. The number of nitrogens with zero attached hydrogens (tertiary/aromatic N) is 4. The Kier molecular flexibility index (Phi) is 6.49. The molecule has 0 N–H and O–H groups in total. The van der Waals surface area contributed by atoms with Crippen LogP contribution in [0.15, 0.2) is 84.9 Å². The van der Waals surface area contributed by atoms with Gasteiger partial charge in [0, 0.05) is 23.7 Å². The third-order valence-electron chi connectivity index (χ3n) is 6.34. The Morgan fingerprint density at radius 2 is 1.03 bits per heavy atom. The fraction of sp³-hybridized carbons (Fsp3) is 0.276. The molecule has 1 heterocycles. The molecule has 174 valence electrons. The average molecular weight is 453 g/mol. The van der Waals surface area contributed by atoms with Gasteiger partial charge in [0.1, 0.15) is 0 Å². The molecule has 1 aromatic heterocycles. The quantitative estimate of drug-likeness (QED) is 0.293. The lowest BCUT2D eigenvalue weighted by Gasteiger charge is -2.41. The molecule has 5 nitrogen and oxygen atoms in total. The Morgan fingerprint density at radius 3 is 1.50 bits per heavy atom. The molecule has 0 unspecified atom stereocenters. The predicted molar refractivity (Wildman–Crippen MR) is 139 cm³/mol. The highest BCUT2D eigenvalue weighted by Gasteiger charge is 2.36. The summed E-state index contributed by atoms with van der Waals surface area (Å²) in [6.07, 6.45) is 0. The van der Waals surface area contributed by atoms with Crippen molar-refractivity contribution in [2.75, 3.05) is 12.1 Å². The number of rotatable bonds is 6. The van der Waals surface area contributed by atoms with Gasteiger partial charge in [0.25, 0.3) is 0 Å². The zero-order valence-electron chi connectivity index (χ0n) is 20.8. The van der Waals surface area contributed by atoms with Crippen LogP contribution in [0.25, 0.3) is 34.2 Å². The Bertz CT molecular complexity index is 1190. The summed E-state index contributed by atoms with van der Waals surface area (Å²) < 4.78 is 0. The van der Waals surface area contributed by atoms with Crippen molar-refractivity contribution in [3.63, 3.8) is 0 Å². The monoisotopic (exact) mass is 452 g/mol. The van der Waals surface area contributed by atoms with E-state index in [1.54, 1.807) is 0 Å². The second-order valence-electron chi connectivity index (χ2n) is 9.94. The van der Waals surface area contributed by atoms with Crippen LogP contribution in [0, 0.1) is 5.41 Å². The standard InChI is InChI=1S/C29H32N4O/c1-28(2,3)29(4,5)34-33(6)24-19-13-18-23(20-24)27-31-25(21-14-9-7-10-15-21)30-26(32-27)22-16-11-8-12-17-22/h7-20H,1-6H3. The van der Waals surface area contributed by atoms with E-state index in [9.17, 15) is 0 Å². The van der Waals surface area contributed by atoms with Crippen LogP contribution in [-0.2, 0) is 4.84 Å². The van der Waals surface area contributed by atoms with Crippen LogP contribution in [0.5, 0.6) is 0 Å². The Hall–Kier alpha value is -3.57. The first-order valence-corrected chi connectivity index (χ1v) is 11.5. The fourth-order valence-electron chi connectivity index (χ4n) is 3.31. The van der Waals surface area contributed by atoms with Crippen LogP contribution < -0.4 is 5.06 Å². The highest BCUT2D eigenvalue weighted by molar-refractivity contribution is 5.68. The Balaban J connectivity index is 1.76. The average Bonchev–Trinajstić information content (AvgIpc) is 2.84. The Labute approximate surface area is 202 Å². The summed E-state index contributed by atoms with van der Waals surface area (Å²) >= 11 is 0. The summed E-state index contributed by atoms with van der Waals surface area (Å²) in [4.78, 5) is 20.8. The first kappa shape index (κ1) is 23.6. The van der Waals surface area contributed by atoms with Crippen molar-refractivity contribution in [1.82, 2.24) is 15.0 Å². The zero-order valence-corrected chi connectivity index (χ0v) is 20.8. The molecule has 0 atom stereocenters. The van der Waals surface area contributed by atoms with Crippen LogP contribution >= 0.6 is 0 Å². The Morgan fingerprint density at radius 1 is 0.588 bits per heavy atom. The third kappa shape index (κ3) is 5.15. The minimum Gasteiger partial charge on any atom is -0.267 e. The van der Waals surface area contributed by atoms with Gasteiger partial charge in [-0.3, -0.25) is 9.90 Å². The number of hydroxylamine groups is 1. The van der Waals surface area contributed by atoms with Crippen molar-refractivity contribution < 1.29 is 4.84 Å². The van der Waals surface area contributed by atoms with Crippen LogP contribution in [0.1, 0.15) is 34.6 Å². The molecule has 3 aromatic carbocycles. The maximum atomic E-state index is 6.35. The van der Waals surface area contributed by atoms with E-state index in [1.807, 2.05) is 91.0 Å². The maximum absolute atomic E-state index is 6.35. The van der Waals surface area contributed by atoms with Crippen molar-refractivity contribution in [2.24, 2.45) is 5.41 Å². The fourth-order valence-corrected chi connectivity index (χ4v) is 3.31. The molecule has 0 fully saturated rings. The van der Waals surface area contributed by atoms with E-state index < -0.39 is 0 Å². The normalized spacial score (nSPS) is 11.9. The van der Waals surface area contributed by atoms with Crippen LogP contribution in [-0.4, -0.2) is 27.6 Å². The van der Waals surface area contributed by atoms with Crippen molar-refractivity contribution in [3.05, 3.63) is 84.9 Å². The number of aromatic nitrogens is 3. The van der Waals surface area contributed by atoms with Gasteiger partial charge in [0.05, 0.1) is 11.3 Å². The molecule has 0 amide bonds. The lowest BCUT2D eigenvalue weighted by atomic mass is 9.79. The summed E-state index contributed by atoms with van der Waals surface area (Å²) in [6, 6.07) is 28.1. The highest BCUT2D eigenvalue weighted by Crippen LogP contribution is 2.35. The van der Waals surface area contributed by atoms with Crippen molar-refractivity contribution >= 4 is 5.69 Å². The summed E-state index contributed by atoms with van der Waals surface area (Å²) in [5.41, 5.74) is 3.35. The van der Waals surface area contributed by atoms with Gasteiger partial charge in [0.2, 0.25) is 0 Å². The van der Waals surface area contributed by atoms with Gasteiger partial charge in [-0.1, -0.05) is 93.6 Å². The number of hydrogen-bond acceptors (Lipinski definition) is 5. The number of benzene rings is 3. The maximum Gasteiger partial charge on any atom is 0.164 e. The molecule has 4 aromatic rings. The van der Waals surface area contributed by atoms with Crippen molar-refractivity contribution in [3.8, 4) is 34.2 Å². The van der Waals surface area contributed by atoms with E-state index in [4.69, 9.17) is 19.8 Å². The van der Waals surface area contributed by atoms with E-state index >= 15 is 0 Å². The summed E-state index contributed by atoms with van der Waals surface area (Å²) in [5.74, 6) is 1.92. The molecule has 0 aliphatic carbocycles. The van der Waals surface area contributed by atoms with Gasteiger partial charge >= 0.3 is 0 Å². The summed E-state index contributed by atoms with van der Waals surface area (Å²) in [5, 5.41) is 1.83. The highest BCUT2D eigenvalue weighted by atomic mass is 16.7. The molecule has 4 rings (SSSR count). The second kappa shape index (κ2) is 9.35. The molecule has 34 heavy (non-hydrogen) atoms. The molecule has 0 spiro atoms. The van der Waals surface area contributed by atoms with E-state index in [2.05, 4.69) is 40.7 Å². The zero-order chi connectivity index (χ0) is 24.3. The molecule has 0 aliphatic rings. The van der Waals surface area contributed by atoms with Gasteiger partial charge in [-0.25, -0.2) is 15.0 Å². The third-order valence-corrected chi connectivity index (χ3v) is 6.34. The van der Waals surface area contributed by atoms with Gasteiger partial charge < -0.3 is 0 Å². The first-order valence-electron chi connectivity index (χ1n) is 11.5. The first-order chi connectivity index (χ1) is 16.1. The van der Waals surface area contributed by atoms with E-state index in [1.165, 1.54) is 0 Å². The number of anilines is 1. The van der Waals surface area contributed by atoms with Gasteiger partial charge in [0.15, 0.2) is 17.5 Å². The lowest BCUT2D eigenvalue weighted by molar-refractivity contribution is -0.0974. The topological polar surface area (TPSA) is 51.1 Å². The van der Waals surface area contributed by atoms with Crippen LogP contribution in [0.4, 0.5) is 5.69 Å². The largest absolute Gasteiger partial charge is 0.267 e. The van der Waals surface area contributed by atoms with Gasteiger partial charge in [-0.15, -0.1) is 0 Å². The summed E-state index contributed by atoms with van der Waals surface area (Å²) in [7, 11) is 1.94. The molecule has 0 saturated heterocycles. The van der Waals surface area contributed by atoms with E-state index in [0.29, 0.717) is 17.5 Å². The minimum atomic E-state index is -0.355. The van der Waals surface area contributed by atoms with E-state index in [-0.39, 0.29) is 11.0 Å². The molecular formula is C29H32N4O. The molecule has 5 heteroatoms. The lowest BCUT2D eigenvalue weighted by Crippen LogP contribution is -2.44. The molecular weight excluding hydrogens is 420 g/mol. The van der Waals surface area contributed by atoms with Crippen molar-refractivity contribution in [1.29, 1.82) is 0 Å². The smallest absolute Gasteiger partial charge is 0.164 e. The summed E-state index contributed by atoms with van der Waals surface area (Å²) in [6.45, 7) is 10.8. The van der Waals surface area contributed by atoms with Gasteiger partial charge in [-0.2, -0.15) is 0 Å². The van der Waals surface area contributed by atoms with Crippen molar-refractivity contribution in [2.45, 2.75) is 40.2 Å². The molecule has 0 bridgehead atoms. The van der Waals surface area contributed by atoms with Crippen LogP contribution in [0.3, 0.4) is 0 Å². The van der Waals surface area contributed by atoms with E-state index in [0.717, 1.165) is 22.4 Å². The predicted octanol–water partition coefficient (Wildman–Crippen LogP) is 7.07. The minimum absolute atomic E-state index is 0.0255. The molecule has 0 saturated carbocycles. The second-order valence-corrected chi connectivity index (χ2v) is 9.94.